The molecule has 2 aromatic heterocycles. The van der Waals surface area contributed by atoms with E-state index in [1.807, 2.05) is 16.0 Å². The zero-order valence-corrected chi connectivity index (χ0v) is 11.1. The van der Waals surface area contributed by atoms with E-state index in [-0.39, 0.29) is 18.5 Å². The number of halogens is 2. The Kier molecular flexibility index (Phi) is 5.01. The van der Waals surface area contributed by atoms with E-state index in [0.29, 0.717) is 18.2 Å². The van der Waals surface area contributed by atoms with E-state index < -0.39 is 0 Å². The minimum atomic E-state index is -0.352. The van der Waals surface area contributed by atoms with Crippen molar-refractivity contribution in [1.82, 2.24) is 14.7 Å². The van der Waals surface area contributed by atoms with Gasteiger partial charge in [0.1, 0.15) is 0 Å². The molecule has 7 heteroatoms. The summed E-state index contributed by atoms with van der Waals surface area (Å²) < 4.78 is 1.96. The minimum Gasteiger partial charge on any atom is -0.392 e. The minimum absolute atomic E-state index is 0. The van der Waals surface area contributed by atoms with Gasteiger partial charge in [0.15, 0.2) is 10.1 Å². The van der Waals surface area contributed by atoms with Gasteiger partial charge in [-0.15, -0.1) is 23.7 Å². The Bertz CT molecular complexity index is 454. The fraction of sp³-hybridized carbons (Fsp3) is 0.444. The van der Waals surface area contributed by atoms with Crippen molar-refractivity contribution in [3.8, 4) is 0 Å². The van der Waals surface area contributed by atoms with Crippen molar-refractivity contribution in [2.24, 2.45) is 0 Å². The SMILES string of the molecule is CC(O)CNCc1c(Cl)nc2sccn12.Cl. The molecule has 1 atom stereocenters. The van der Waals surface area contributed by atoms with Crippen LogP contribution in [0.25, 0.3) is 4.96 Å². The standard InChI is InChI=1S/C9H12ClN3OS.ClH/c1-6(14)4-11-5-7-8(10)12-9-13(7)2-3-15-9;/h2-3,6,11,14H,4-5H2,1H3;1H. The molecular weight excluding hydrogens is 269 g/mol. The van der Waals surface area contributed by atoms with Gasteiger partial charge in [-0.1, -0.05) is 11.6 Å². The van der Waals surface area contributed by atoms with Gasteiger partial charge in [-0.25, -0.2) is 4.98 Å². The van der Waals surface area contributed by atoms with Gasteiger partial charge in [0, 0.05) is 24.7 Å². The molecule has 0 aliphatic rings. The van der Waals surface area contributed by atoms with Crippen molar-refractivity contribution >= 4 is 40.3 Å². The number of thiazole rings is 1. The van der Waals surface area contributed by atoms with Crippen molar-refractivity contribution < 1.29 is 5.11 Å². The van der Waals surface area contributed by atoms with Gasteiger partial charge >= 0.3 is 0 Å². The molecule has 4 nitrogen and oxygen atoms in total. The maximum atomic E-state index is 9.11. The number of fused-ring (bicyclic) bond motifs is 1. The molecule has 0 saturated heterocycles. The van der Waals surface area contributed by atoms with Crippen LogP contribution < -0.4 is 5.32 Å². The number of aliphatic hydroxyl groups is 1. The number of rotatable bonds is 4. The predicted octanol–water partition coefficient (Wildman–Crippen LogP) is 1.94. The van der Waals surface area contributed by atoms with Crippen LogP contribution >= 0.6 is 35.3 Å². The summed E-state index contributed by atoms with van der Waals surface area (Å²) in [4.78, 5) is 5.11. The monoisotopic (exact) mass is 281 g/mol. The molecule has 0 amide bonds. The molecular formula is C9H13Cl2N3OS. The number of hydrogen-bond donors (Lipinski definition) is 2. The van der Waals surface area contributed by atoms with Crippen molar-refractivity contribution in [3.63, 3.8) is 0 Å². The molecule has 0 saturated carbocycles. The van der Waals surface area contributed by atoms with Crippen LogP contribution in [-0.2, 0) is 6.54 Å². The Hall–Kier alpha value is -0.330. The second kappa shape index (κ2) is 5.84. The molecule has 0 aliphatic heterocycles. The molecule has 0 spiro atoms. The summed E-state index contributed by atoms with van der Waals surface area (Å²) in [6.07, 6.45) is 1.59. The first kappa shape index (κ1) is 13.7. The molecule has 2 aromatic rings. The topological polar surface area (TPSA) is 49.6 Å². The average Bonchev–Trinajstić information content (AvgIpc) is 2.68. The lowest BCUT2D eigenvalue weighted by Crippen LogP contribution is -2.24. The van der Waals surface area contributed by atoms with E-state index >= 15 is 0 Å². The van der Waals surface area contributed by atoms with Crippen molar-refractivity contribution in [2.45, 2.75) is 19.6 Å². The van der Waals surface area contributed by atoms with Crippen LogP contribution in [0.3, 0.4) is 0 Å². The molecule has 16 heavy (non-hydrogen) atoms. The molecule has 0 bridgehead atoms. The van der Waals surface area contributed by atoms with Crippen LogP contribution in [0.2, 0.25) is 5.15 Å². The first-order chi connectivity index (χ1) is 7.18. The maximum absolute atomic E-state index is 9.11. The second-order valence-corrected chi connectivity index (χ2v) is 4.62. The first-order valence-corrected chi connectivity index (χ1v) is 5.93. The van der Waals surface area contributed by atoms with Gasteiger partial charge in [-0.3, -0.25) is 4.40 Å². The lowest BCUT2D eigenvalue weighted by atomic mass is 10.4. The van der Waals surface area contributed by atoms with Crippen LogP contribution in [0.5, 0.6) is 0 Å². The quantitative estimate of drug-likeness (QED) is 0.901. The molecule has 90 valence electrons. The Morgan fingerprint density at radius 2 is 2.44 bits per heavy atom. The first-order valence-electron chi connectivity index (χ1n) is 4.67. The van der Waals surface area contributed by atoms with Gasteiger partial charge in [-0.05, 0) is 6.92 Å². The highest BCUT2D eigenvalue weighted by Gasteiger charge is 2.10. The molecule has 2 rings (SSSR count). The third-order valence-corrected chi connectivity index (χ3v) is 3.10. The lowest BCUT2D eigenvalue weighted by molar-refractivity contribution is 0.191. The highest BCUT2D eigenvalue weighted by atomic mass is 35.5. The van der Waals surface area contributed by atoms with E-state index in [4.69, 9.17) is 16.7 Å². The van der Waals surface area contributed by atoms with E-state index in [9.17, 15) is 0 Å². The highest BCUT2D eigenvalue weighted by molar-refractivity contribution is 7.15. The van der Waals surface area contributed by atoms with E-state index in [2.05, 4.69) is 10.3 Å². The van der Waals surface area contributed by atoms with Crippen LogP contribution in [0.15, 0.2) is 11.6 Å². The molecule has 0 radical (unpaired) electrons. The summed E-state index contributed by atoms with van der Waals surface area (Å²) in [5.74, 6) is 0. The fourth-order valence-electron chi connectivity index (χ4n) is 1.36. The Labute approximate surface area is 109 Å². The van der Waals surface area contributed by atoms with Crippen LogP contribution in [-0.4, -0.2) is 27.1 Å². The van der Waals surface area contributed by atoms with Gasteiger partial charge in [0.2, 0.25) is 0 Å². The third kappa shape index (κ3) is 2.87. The van der Waals surface area contributed by atoms with Gasteiger partial charge in [0.25, 0.3) is 0 Å². The van der Waals surface area contributed by atoms with E-state index in [1.54, 1.807) is 18.3 Å². The summed E-state index contributed by atoms with van der Waals surface area (Å²) in [5.41, 5.74) is 0.938. The van der Waals surface area contributed by atoms with Crippen LogP contribution in [0.1, 0.15) is 12.6 Å². The fourth-order valence-corrected chi connectivity index (χ4v) is 2.38. The number of imidazole rings is 1. The molecule has 2 heterocycles. The average molecular weight is 282 g/mol. The smallest absolute Gasteiger partial charge is 0.195 e. The lowest BCUT2D eigenvalue weighted by Gasteiger charge is -2.06. The van der Waals surface area contributed by atoms with Crippen molar-refractivity contribution in [1.29, 1.82) is 0 Å². The summed E-state index contributed by atoms with van der Waals surface area (Å²) in [6, 6.07) is 0. The maximum Gasteiger partial charge on any atom is 0.195 e. The van der Waals surface area contributed by atoms with Gasteiger partial charge in [-0.2, -0.15) is 0 Å². The zero-order valence-electron chi connectivity index (χ0n) is 8.68. The van der Waals surface area contributed by atoms with Gasteiger partial charge < -0.3 is 10.4 Å². The number of aromatic nitrogens is 2. The molecule has 0 aliphatic carbocycles. The number of aliphatic hydroxyl groups excluding tert-OH is 1. The summed E-state index contributed by atoms with van der Waals surface area (Å²) >= 11 is 7.55. The highest BCUT2D eigenvalue weighted by Crippen LogP contribution is 2.20. The van der Waals surface area contributed by atoms with Crippen molar-refractivity contribution in [3.05, 3.63) is 22.4 Å². The van der Waals surface area contributed by atoms with E-state index in [0.717, 1.165) is 10.7 Å². The molecule has 0 fully saturated rings. The third-order valence-electron chi connectivity index (χ3n) is 2.04. The second-order valence-electron chi connectivity index (χ2n) is 3.38. The number of nitrogens with zero attached hydrogens (tertiary/aromatic N) is 2. The molecule has 1 unspecified atom stereocenters. The molecule has 0 aromatic carbocycles. The number of hydrogen-bond acceptors (Lipinski definition) is 4. The van der Waals surface area contributed by atoms with Crippen LogP contribution in [0, 0.1) is 0 Å². The summed E-state index contributed by atoms with van der Waals surface area (Å²) in [6.45, 7) is 2.90. The predicted molar refractivity (Wildman–Crippen MR) is 68.7 cm³/mol. The largest absolute Gasteiger partial charge is 0.392 e. The number of nitrogens with one attached hydrogen (secondary N) is 1. The van der Waals surface area contributed by atoms with Crippen molar-refractivity contribution in [2.75, 3.05) is 6.54 Å². The summed E-state index contributed by atoms with van der Waals surface area (Å²) in [7, 11) is 0. The van der Waals surface area contributed by atoms with E-state index in [1.165, 1.54) is 0 Å². The zero-order chi connectivity index (χ0) is 10.8. The molecule has 2 N–H and O–H groups in total. The van der Waals surface area contributed by atoms with Gasteiger partial charge in [0.05, 0.1) is 11.8 Å². The normalized spacial score (nSPS) is 12.7. The Balaban J connectivity index is 0.00000128. The summed E-state index contributed by atoms with van der Waals surface area (Å²) in [5, 5.41) is 14.7. The van der Waals surface area contributed by atoms with Crippen LogP contribution in [0.4, 0.5) is 0 Å². The Morgan fingerprint density at radius 1 is 1.69 bits per heavy atom. The Morgan fingerprint density at radius 3 is 3.12 bits per heavy atom.